The van der Waals surface area contributed by atoms with E-state index in [0.29, 0.717) is 50.7 Å². The van der Waals surface area contributed by atoms with E-state index in [9.17, 15) is 14.0 Å². The van der Waals surface area contributed by atoms with Gasteiger partial charge in [0.2, 0.25) is 5.91 Å². The second-order valence-corrected chi connectivity index (χ2v) is 9.90. The molecule has 3 aromatic rings. The zero-order chi connectivity index (χ0) is 26.0. The van der Waals surface area contributed by atoms with Crippen LogP contribution in [0.15, 0.2) is 66.0 Å². The van der Waals surface area contributed by atoms with E-state index in [1.807, 2.05) is 17.5 Å². The quantitative estimate of drug-likeness (QED) is 0.380. The number of rotatable bonds is 11. The van der Waals surface area contributed by atoms with E-state index in [0.717, 1.165) is 23.5 Å². The highest BCUT2D eigenvalue weighted by Crippen LogP contribution is 2.18. The second kappa shape index (κ2) is 13.3. The number of carbonyl (C=O) groups is 2. The van der Waals surface area contributed by atoms with Gasteiger partial charge in [-0.25, -0.2) is 4.39 Å². The van der Waals surface area contributed by atoms with Gasteiger partial charge in [0.15, 0.2) is 0 Å². The fraction of sp³-hybridized carbons (Fsp3) is 0.357. The van der Waals surface area contributed by atoms with Crippen LogP contribution in [-0.2, 0) is 22.6 Å². The first-order chi connectivity index (χ1) is 18.0. The van der Waals surface area contributed by atoms with E-state index < -0.39 is 0 Å². The molecule has 196 valence electrons. The zero-order valence-electron chi connectivity index (χ0n) is 21.0. The summed E-state index contributed by atoms with van der Waals surface area (Å²) < 4.78 is 24.2. The minimum atomic E-state index is -0.321. The molecule has 0 radical (unpaired) electrons. The summed E-state index contributed by atoms with van der Waals surface area (Å²) in [5.41, 5.74) is 1.29. The highest BCUT2D eigenvalue weighted by atomic mass is 32.1. The Morgan fingerprint density at radius 3 is 2.51 bits per heavy atom. The van der Waals surface area contributed by atoms with E-state index in [1.165, 1.54) is 12.1 Å². The smallest absolute Gasteiger partial charge is 0.254 e. The molecule has 37 heavy (non-hydrogen) atoms. The molecule has 0 spiro atoms. The van der Waals surface area contributed by atoms with Crippen LogP contribution in [0.25, 0.3) is 0 Å². The number of halogens is 1. The molecular weight excluding hydrogens is 493 g/mol. The lowest BCUT2D eigenvalue weighted by molar-refractivity contribution is -0.133. The normalized spacial score (nSPS) is 13.8. The molecule has 2 heterocycles. The average molecular weight is 526 g/mol. The number of hydrogen-bond donors (Lipinski definition) is 0. The monoisotopic (exact) mass is 525 g/mol. The zero-order valence-corrected chi connectivity index (χ0v) is 21.8. The lowest BCUT2D eigenvalue weighted by Crippen LogP contribution is -2.47. The minimum Gasteiger partial charge on any atom is -0.497 e. The van der Waals surface area contributed by atoms with Crippen LogP contribution in [0.5, 0.6) is 5.75 Å². The van der Waals surface area contributed by atoms with Crippen molar-refractivity contribution in [2.45, 2.75) is 13.1 Å². The Kier molecular flexibility index (Phi) is 9.65. The van der Waals surface area contributed by atoms with E-state index in [4.69, 9.17) is 9.47 Å². The average Bonchev–Trinajstić information content (AvgIpc) is 3.45. The summed E-state index contributed by atoms with van der Waals surface area (Å²) >= 11 is 1.57. The standard InChI is InChI=1S/C28H32FN3O4S/c1-35-25-5-2-4-23(18-25)28(34)31(12-11-30-13-15-36-16-14-30)21-27(33)32(20-26-6-3-17-37-26)19-22-7-9-24(29)10-8-22/h2-10,17-18H,11-16,19-21H2,1H3. The summed E-state index contributed by atoms with van der Waals surface area (Å²) in [5, 5.41) is 1.97. The van der Waals surface area contributed by atoms with E-state index >= 15 is 0 Å². The number of nitrogens with zero attached hydrogens (tertiary/aromatic N) is 3. The summed E-state index contributed by atoms with van der Waals surface area (Å²) in [6.07, 6.45) is 0. The van der Waals surface area contributed by atoms with Crippen LogP contribution in [0.4, 0.5) is 4.39 Å². The van der Waals surface area contributed by atoms with Crippen molar-refractivity contribution in [2.24, 2.45) is 0 Å². The first-order valence-electron chi connectivity index (χ1n) is 12.3. The topological polar surface area (TPSA) is 62.3 Å². The van der Waals surface area contributed by atoms with Crippen LogP contribution in [0, 0.1) is 5.82 Å². The predicted octanol–water partition coefficient (Wildman–Crippen LogP) is 3.90. The number of amides is 2. The van der Waals surface area contributed by atoms with E-state index in [-0.39, 0.29) is 24.2 Å². The molecule has 1 saturated heterocycles. The fourth-order valence-electron chi connectivity index (χ4n) is 4.17. The molecule has 7 nitrogen and oxygen atoms in total. The molecule has 1 aliphatic rings. The molecule has 0 aliphatic carbocycles. The summed E-state index contributed by atoms with van der Waals surface area (Å²) in [5.74, 6) is -0.131. The largest absolute Gasteiger partial charge is 0.497 e. The van der Waals surface area contributed by atoms with Crippen LogP contribution in [-0.4, -0.2) is 79.6 Å². The van der Waals surface area contributed by atoms with Crippen molar-refractivity contribution < 1.29 is 23.5 Å². The maximum absolute atomic E-state index is 13.7. The van der Waals surface area contributed by atoms with Crippen molar-refractivity contribution in [3.05, 3.63) is 87.9 Å². The van der Waals surface area contributed by atoms with Gasteiger partial charge in [-0.3, -0.25) is 14.5 Å². The summed E-state index contributed by atoms with van der Waals surface area (Å²) in [7, 11) is 1.56. The van der Waals surface area contributed by atoms with Crippen molar-refractivity contribution in [1.29, 1.82) is 0 Å². The summed E-state index contributed by atoms with van der Waals surface area (Å²) in [6.45, 7) is 4.64. The first kappa shape index (κ1) is 26.8. The number of thiophene rings is 1. The third-order valence-corrected chi connectivity index (χ3v) is 7.15. The van der Waals surface area contributed by atoms with E-state index in [1.54, 1.807) is 64.6 Å². The van der Waals surface area contributed by atoms with Crippen molar-refractivity contribution in [1.82, 2.24) is 14.7 Å². The molecule has 0 bridgehead atoms. The van der Waals surface area contributed by atoms with Gasteiger partial charge < -0.3 is 19.3 Å². The van der Waals surface area contributed by atoms with Gasteiger partial charge in [0.25, 0.3) is 5.91 Å². The highest BCUT2D eigenvalue weighted by Gasteiger charge is 2.24. The van der Waals surface area contributed by atoms with Crippen LogP contribution in [0.1, 0.15) is 20.8 Å². The Balaban J connectivity index is 1.53. The van der Waals surface area contributed by atoms with Gasteiger partial charge in [-0.1, -0.05) is 24.3 Å². The fourth-order valence-corrected chi connectivity index (χ4v) is 4.89. The maximum atomic E-state index is 13.7. The molecule has 0 N–H and O–H groups in total. The molecule has 0 saturated carbocycles. The second-order valence-electron chi connectivity index (χ2n) is 8.87. The number of morpholine rings is 1. The van der Waals surface area contributed by atoms with Gasteiger partial charge in [-0.15, -0.1) is 11.3 Å². The van der Waals surface area contributed by atoms with Gasteiger partial charge in [0.1, 0.15) is 18.1 Å². The Labute approximate surface area is 221 Å². The van der Waals surface area contributed by atoms with Crippen molar-refractivity contribution in [3.8, 4) is 5.75 Å². The molecule has 2 amide bonds. The van der Waals surface area contributed by atoms with Crippen molar-refractivity contribution in [2.75, 3.05) is 53.0 Å². The molecule has 1 aromatic heterocycles. The Morgan fingerprint density at radius 1 is 1.03 bits per heavy atom. The Bertz CT molecular complexity index is 1150. The number of carbonyl (C=O) groups excluding carboxylic acids is 2. The Morgan fingerprint density at radius 2 is 1.81 bits per heavy atom. The maximum Gasteiger partial charge on any atom is 0.254 e. The van der Waals surface area contributed by atoms with Crippen LogP contribution < -0.4 is 4.74 Å². The number of ether oxygens (including phenoxy) is 2. The van der Waals surface area contributed by atoms with Gasteiger partial charge in [0, 0.05) is 43.2 Å². The third kappa shape index (κ3) is 7.85. The molecule has 0 atom stereocenters. The third-order valence-electron chi connectivity index (χ3n) is 6.29. The van der Waals surface area contributed by atoms with Crippen LogP contribution in [0.3, 0.4) is 0 Å². The minimum absolute atomic E-state index is 0.0625. The van der Waals surface area contributed by atoms with Crippen molar-refractivity contribution >= 4 is 23.2 Å². The van der Waals surface area contributed by atoms with Gasteiger partial charge in [-0.2, -0.15) is 0 Å². The molecule has 2 aromatic carbocycles. The number of benzene rings is 2. The Hall–Kier alpha value is -3.27. The van der Waals surface area contributed by atoms with Gasteiger partial charge in [-0.05, 0) is 47.3 Å². The molecular formula is C28H32FN3O4S. The van der Waals surface area contributed by atoms with Gasteiger partial charge in [0.05, 0.1) is 26.9 Å². The number of hydrogen-bond acceptors (Lipinski definition) is 6. The molecule has 1 aliphatic heterocycles. The molecule has 9 heteroatoms. The molecule has 1 fully saturated rings. The van der Waals surface area contributed by atoms with Gasteiger partial charge >= 0.3 is 0 Å². The van der Waals surface area contributed by atoms with E-state index in [2.05, 4.69) is 4.90 Å². The first-order valence-corrected chi connectivity index (χ1v) is 13.2. The number of methoxy groups -OCH3 is 1. The van der Waals surface area contributed by atoms with Crippen LogP contribution in [0.2, 0.25) is 0 Å². The summed E-state index contributed by atoms with van der Waals surface area (Å²) in [4.78, 5) is 33.8. The lowest BCUT2D eigenvalue weighted by atomic mass is 10.1. The van der Waals surface area contributed by atoms with Crippen LogP contribution >= 0.6 is 11.3 Å². The highest BCUT2D eigenvalue weighted by molar-refractivity contribution is 7.09. The van der Waals surface area contributed by atoms with Crippen molar-refractivity contribution in [3.63, 3.8) is 0 Å². The summed E-state index contributed by atoms with van der Waals surface area (Å²) in [6, 6.07) is 17.1. The molecule has 4 rings (SSSR count). The lowest BCUT2D eigenvalue weighted by Gasteiger charge is -2.31. The molecule has 0 unspecified atom stereocenters. The predicted molar refractivity (Wildman–Crippen MR) is 141 cm³/mol. The SMILES string of the molecule is COc1cccc(C(=O)N(CCN2CCOCC2)CC(=O)N(Cc2ccc(F)cc2)Cc2cccs2)c1.